The maximum Gasteiger partial charge on any atom is 0.114 e. The lowest BCUT2D eigenvalue weighted by Crippen LogP contribution is -1.98. The number of hydrogen-bond donors (Lipinski definition) is 1. The van der Waals surface area contributed by atoms with Crippen LogP contribution in [0, 0.1) is 0 Å². The number of aliphatic hydroxyl groups is 1. The van der Waals surface area contributed by atoms with Crippen LogP contribution in [0.2, 0.25) is 0 Å². The van der Waals surface area contributed by atoms with Gasteiger partial charge in [0.05, 0.1) is 5.52 Å². The van der Waals surface area contributed by atoms with Gasteiger partial charge in [0.15, 0.2) is 0 Å². The summed E-state index contributed by atoms with van der Waals surface area (Å²) in [5, 5.41) is 11.6. The molecule has 0 amide bonds. The van der Waals surface area contributed by atoms with E-state index in [1.165, 1.54) is 4.88 Å². The van der Waals surface area contributed by atoms with E-state index in [2.05, 4.69) is 18.0 Å². The first kappa shape index (κ1) is 12.3. The van der Waals surface area contributed by atoms with Gasteiger partial charge in [0.25, 0.3) is 0 Å². The second-order valence-electron chi connectivity index (χ2n) is 4.48. The molecule has 3 aromatic rings. The molecular weight excluding hydrogens is 254 g/mol. The highest BCUT2D eigenvalue weighted by molar-refractivity contribution is 7.12. The smallest absolute Gasteiger partial charge is 0.114 e. The van der Waals surface area contributed by atoms with Gasteiger partial charge < -0.3 is 5.11 Å². The molecule has 1 aromatic carbocycles. The summed E-state index contributed by atoms with van der Waals surface area (Å²) >= 11 is 1.67. The van der Waals surface area contributed by atoms with E-state index in [1.807, 2.05) is 36.4 Å². The molecule has 2 heterocycles. The van der Waals surface area contributed by atoms with E-state index in [1.54, 1.807) is 17.5 Å². The minimum absolute atomic E-state index is 0.571. The number of aryl methyl sites for hydroxylation is 1. The van der Waals surface area contributed by atoms with Gasteiger partial charge in [0.1, 0.15) is 6.10 Å². The van der Waals surface area contributed by atoms with Gasteiger partial charge in [-0.05, 0) is 36.2 Å². The fourth-order valence-electron chi connectivity index (χ4n) is 2.25. The number of nitrogens with zero attached hydrogens (tertiary/aromatic N) is 1. The van der Waals surface area contributed by atoms with Crippen LogP contribution < -0.4 is 0 Å². The average Bonchev–Trinajstić information content (AvgIpc) is 2.95. The Labute approximate surface area is 116 Å². The monoisotopic (exact) mass is 269 g/mol. The quantitative estimate of drug-likeness (QED) is 0.781. The Balaban J connectivity index is 2.08. The zero-order chi connectivity index (χ0) is 13.2. The third-order valence-electron chi connectivity index (χ3n) is 3.27. The highest BCUT2D eigenvalue weighted by Crippen LogP contribution is 2.32. The van der Waals surface area contributed by atoms with Crippen molar-refractivity contribution in [3.05, 3.63) is 64.0 Å². The molecule has 2 aromatic heterocycles. The SMILES string of the molecule is CCc1ccc(C(O)c2cccc3ncccc23)s1. The first-order valence-corrected chi connectivity index (χ1v) is 7.21. The topological polar surface area (TPSA) is 33.1 Å². The Bertz CT molecular complexity index is 699. The molecule has 3 heteroatoms. The maximum absolute atomic E-state index is 10.6. The largest absolute Gasteiger partial charge is 0.383 e. The maximum atomic E-state index is 10.6. The van der Waals surface area contributed by atoms with Crippen LogP contribution in [0.15, 0.2) is 48.7 Å². The lowest BCUT2D eigenvalue weighted by atomic mass is 10.0. The van der Waals surface area contributed by atoms with Crippen LogP contribution in [0.3, 0.4) is 0 Å². The first-order valence-electron chi connectivity index (χ1n) is 6.40. The predicted octanol–water partition coefficient (Wildman–Crippen LogP) is 3.94. The Morgan fingerprint density at radius 1 is 1.16 bits per heavy atom. The number of benzene rings is 1. The summed E-state index contributed by atoms with van der Waals surface area (Å²) in [5.41, 5.74) is 1.85. The fraction of sp³-hybridized carbons (Fsp3) is 0.188. The van der Waals surface area contributed by atoms with E-state index in [0.29, 0.717) is 0 Å². The van der Waals surface area contributed by atoms with Gasteiger partial charge in [-0.1, -0.05) is 25.1 Å². The number of rotatable bonds is 3. The zero-order valence-electron chi connectivity index (χ0n) is 10.7. The lowest BCUT2D eigenvalue weighted by Gasteiger charge is -2.11. The van der Waals surface area contributed by atoms with E-state index in [0.717, 1.165) is 27.8 Å². The average molecular weight is 269 g/mol. The summed E-state index contributed by atoms with van der Waals surface area (Å²) in [6, 6.07) is 13.9. The van der Waals surface area contributed by atoms with Crippen LogP contribution in [-0.4, -0.2) is 10.1 Å². The number of hydrogen-bond acceptors (Lipinski definition) is 3. The molecule has 1 N–H and O–H groups in total. The van der Waals surface area contributed by atoms with E-state index < -0.39 is 6.10 Å². The predicted molar refractivity (Wildman–Crippen MR) is 79.5 cm³/mol. The Hall–Kier alpha value is -1.71. The van der Waals surface area contributed by atoms with Crippen molar-refractivity contribution in [3.63, 3.8) is 0 Å². The van der Waals surface area contributed by atoms with E-state index in [9.17, 15) is 5.11 Å². The molecule has 0 saturated heterocycles. The highest BCUT2D eigenvalue weighted by Gasteiger charge is 2.15. The van der Waals surface area contributed by atoms with Gasteiger partial charge >= 0.3 is 0 Å². The number of aliphatic hydroxyl groups excluding tert-OH is 1. The molecule has 2 nitrogen and oxygen atoms in total. The van der Waals surface area contributed by atoms with E-state index in [4.69, 9.17) is 0 Å². The van der Waals surface area contributed by atoms with Crippen molar-refractivity contribution < 1.29 is 5.11 Å². The van der Waals surface area contributed by atoms with Gasteiger partial charge in [-0.2, -0.15) is 0 Å². The Morgan fingerprint density at radius 3 is 2.84 bits per heavy atom. The van der Waals surface area contributed by atoms with Crippen LogP contribution in [-0.2, 0) is 6.42 Å². The molecule has 3 rings (SSSR count). The second-order valence-corrected chi connectivity index (χ2v) is 5.68. The van der Waals surface area contributed by atoms with Crippen LogP contribution in [0.25, 0.3) is 10.9 Å². The molecule has 0 saturated carbocycles. The first-order chi connectivity index (χ1) is 9.29. The molecule has 1 atom stereocenters. The fourth-order valence-corrected chi connectivity index (χ4v) is 3.21. The molecule has 0 radical (unpaired) electrons. The molecule has 0 fully saturated rings. The third kappa shape index (κ3) is 2.27. The van der Waals surface area contributed by atoms with Gasteiger partial charge in [0.2, 0.25) is 0 Å². The van der Waals surface area contributed by atoms with Crippen LogP contribution >= 0.6 is 11.3 Å². The van der Waals surface area contributed by atoms with Crippen LogP contribution in [0.5, 0.6) is 0 Å². The number of pyridine rings is 1. The molecule has 0 spiro atoms. The summed E-state index contributed by atoms with van der Waals surface area (Å²) in [5.74, 6) is 0. The van der Waals surface area contributed by atoms with Crippen LogP contribution in [0.4, 0.5) is 0 Å². The second kappa shape index (κ2) is 5.11. The van der Waals surface area contributed by atoms with Crippen molar-refractivity contribution in [2.75, 3.05) is 0 Å². The molecule has 19 heavy (non-hydrogen) atoms. The van der Waals surface area contributed by atoms with Gasteiger partial charge in [-0.3, -0.25) is 4.98 Å². The van der Waals surface area contributed by atoms with Crippen molar-refractivity contribution in [2.45, 2.75) is 19.4 Å². The number of fused-ring (bicyclic) bond motifs is 1. The van der Waals surface area contributed by atoms with Gasteiger partial charge in [-0.25, -0.2) is 0 Å². The van der Waals surface area contributed by atoms with E-state index >= 15 is 0 Å². The summed E-state index contributed by atoms with van der Waals surface area (Å²) in [7, 11) is 0. The number of aromatic nitrogens is 1. The Morgan fingerprint density at radius 2 is 2.05 bits per heavy atom. The summed E-state index contributed by atoms with van der Waals surface area (Å²) in [4.78, 5) is 6.62. The van der Waals surface area contributed by atoms with Crippen molar-refractivity contribution in [1.29, 1.82) is 0 Å². The standard InChI is InChI=1S/C16H15NOS/c1-2-11-8-9-15(19-11)16(18)13-5-3-7-14-12(13)6-4-10-17-14/h3-10,16,18H,2H2,1H3. The third-order valence-corrected chi connectivity index (χ3v) is 4.56. The molecular formula is C16H15NOS. The zero-order valence-corrected chi connectivity index (χ0v) is 11.5. The van der Waals surface area contributed by atoms with Crippen LogP contribution in [0.1, 0.15) is 28.3 Å². The molecule has 1 unspecified atom stereocenters. The van der Waals surface area contributed by atoms with E-state index in [-0.39, 0.29) is 0 Å². The summed E-state index contributed by atoms with van der Waals surface area (Å²) in [6.07, 6.45) is 2.21. The molecule has 0 aliphatic rings. The molecule has 96 valence electrons. The minimum atomic E-state index is -0.571. The molecule has 0 bridgehead atoms. The lowest BCUT2D eigenvalue weighted by molar-refractivity contribution is 0.226. The van der Waals surface area contributed by atoms with Crippen molar-refractivity contribution in [2.24, 2.45) is 0 Å². The number of thiophene rings is 1. The van der Waals surface area contributed by atoms with Crippen molar-refractivity contribution in [3.8, 4) is 0 Å². The highest BCUT2D eigenvalue weighted by atomic mass is 32.1. The summed E-state index contributed by atoms with van der Waals surface area (Å²) in [6.45, 7) is 2.13. The summed E-state index contributed by atoms with van der Waals surface area (Å²) < 4.78 is 0. The van der Waals surface area contributed by atoms with Gasteiger partial charge in [0, 0.05) is 21.3 Å². The van der Waals surface area contributed by atoms with Crippen molar-refractivity contribution in [1.82, 2.24) is 4.98 Å². The molecule has 0 aliphatic carbocycles. The molecule has 0 aliphatic heterocycles. The van der Waals surface area contributed by atoms with Gasteiger partial charge in [-0.15, -0.1) is 11.3 Å². The van der Waals surface area contributed by atoms with Crippen molar-refractivity contribution >= 4 is 22.2 Å². The normalized spacial score (nSPS) is 12.7. The Kier molecular flexibility index (Phi) is 3.32. The minimum Gasteiger partial charge on any atom is -0.383 e.